The molecule has 0 aromatic heterocycles. The Bertz CT molecular complexity index is 539. The maximum atomic E-state index is 12.3. The summed E-state index contributed by atoms with van der Waals surface area (Å²) in [5.41, 5.74) is -0.485. The molecule has 4 heteroatoms. The van der Waals surface area contributed by atoms with Crippen LogP contribution in [0.2, 0.25) is 0 Å². The van der Waals surface area contributed by atoms with E-state index in [9.17, 15) is 14.7 Å². The van der Waals surface area contributed by atoms with Gasteiger partial charge in [-0.15, -0.1) is 0 Å². The van der Waals surface area contributed by atoms with Gasteiger partial charge in [0.1, 0.15) is 5.78 Å². The van der Waals surface area contributed by atoms with Gasteiger partial charge in [-0.1, -0.05) is 6.42 Å². The molecule has 0 aromatic carbocycles. The van der Waals surface area contributed by atoms with Gasteiger partial charge in [0.05, 0.1) is 18.1 Å². The van der Waals surface area contributed by atoms with Crippen molar-refractivity contribution in [2.75, 3.05) is 6.61 Å². The summed E-state index contributed by atoms with van der Waals surface area (Å²) in [7, 11) is 0. The van der Waals surface area contributed by atoms with Gasteiger partial charge in [-0.3, -0.25) is 9.59 Å². The number of carbonyl (C=O) groups excluding carboxylic acids is 1. The predicted octanol–water partition coefficient (Wildman–Crippen LogP) is 2.26. The molecule has 0 radical (unpaired) electrons. The third kappa shape index (κ3) is 1.24. The molecule has 7 unspecified atom stereocenters. The summed E-state index contributed by atoms with van der Waals surface area (Å²) in [6, 6.07) is 0. The molecule has 1 spiro atoms. The number of carboxylic acids is 1. The molecule has 1 aliphatic heterocycles. The summed E-state index contributed by atoms with van der Waals surface area (Å²) in [6.07, 6.45) is 6.58. The molecule has 5 aliphatic rings. The fraction of sp³-hybridized carbons (Fsp3) is 0.882. The largest absolute Gasteiger partial charge is 0.481 e. The molecule has 4 nitrogen and oxygen atoms in total. The van der Waals surface area contributed by atoms with Crippen molar-refractivity contribution in [3.05, 3.63) is 0 Å². The first-order valence-electron chi connectivity index (χ1n) is 8.48. The minimum absolute atomic E-state index is 0.137. The zero-order valence-electron chi connectivity index (χ0n) is 12.2. The normalized spacial score (nSPS) is 57.1. The van der Waals surface area contributed by atoms with Crippen molar-refractivity contribution in [2.45, 2.75) is 50.5 Å². The fourth-order valence-corrected chi connectivity index (χ4v) is 7.30. The van der Waals surface area contributed by atoms with Crippen LogP contribution in [-0.2, 0) is 14.3 Å². The van der Waals surface area contributed by atoms with Crippen molar-refractivity contribution in [3.8, 4) is 0 Å². The highest BCUT2D eigenvalue weighted by molar-refractivity contribution is 5.87. The van der Waals surface area contributed by atoms with Gasteiger partial charge in [0.2, 0.25) is 0 Å². The van der Waals surface area contributed by atoms with Crippen LogP contribution in [0.15, 0.2) is 0 Å². The fourth-order valence-electron chi connectivity index (χ4n) is 7.30. The van der Waals surface area contributed by atoms with Crippen molar-refractivity contribution in [1.29, 1.82) is 0 Å². The first kappa shape index (κ1) is 12.6. The number of hydrogen-bond donors (Lipinski definition) is 1. The maximum Gasteiger partial charge on any atom is 0.307 e. The van der Waals surface area contributed by atoms with E-state index in [0.717, 1.165) is 45.1 Å². The van der Waals surface area contributed by atoms with Crippen LogP contribution in [0, 0.1) is 35.0 Å². The van der Waals surface area contributed by atoms with Crippen molar-refractivity contribution in [2.24, 2.45) is 35.0 Å². The monoisotopic (exact) mass is 290 g/mol. The van der Waals surface area contributed by atoms with E-state index in [-0.39, 0.29) is 28.8 Å². The second kappa shape index (κ2) is 3.70. The highest BCUT2D eigenvalue weighted by Crippen LogP contribution is 2.74. The molecule has 5 rings (SSSR count). The Hall–Kier alpha value is -0.900. The lowest BCUT2D eigenvalue weighted by Gasteiger charge is -2.44. The Balaban J connectivity index is 1.70. The highest BCUT2D eigenvalue weighted by Gasteiger charge is 2.76. The lowest BCUT2D eigenvalue weighted by molar-refractivity contribution is -0.149. The minimum atomic E-state index is -0.667. The third-order valence-corrected chi connectivity index (χ3v) is 7.70. The van der Waals surface area contributed by atoms with Gasteiger partial charge in [0.15, 0.2) is 0 Å². The van der Waals surface area contributed by atoms with Crippen LogP contribution in [-0.4, -0.2) is 29.1 Å². The van der Waals surface area contributed by atoms with Gasteiger partial charge in [0, 0.05) is 18.3 Å². The van der Waals surface area contributed by atoms with E-state index < -0.39 is 5.97 Å². The summed E-state index contributed by atoms with van der Waals surface area (Å²) in [5.74, 6) is 0.341. The molecular weight excluding hydrogens is 268 g/mol. The topological polar surface area (TPSA) is 63.6 Å². The van der Waals surface area contributed by atoms with Crippen LogP contribution in [0.25, 0.3) is 0 Å². The highest BCUT2D eigenvalue weighted by atomic mass is 16.5. The van der Waals surface area contributed by atoms with Gasteiger partial charge in [0.25, 0.3) is 0 Å². The number of rotatable bonds is 1. The molecular formula is C17H22O4. The Morgan fingerprint density at radius 3 is 2.95 bits per heavy atom. The maximum absolute atomic E-state index is 12.3. The first-order chi connectivity index (χ1) is 10.1. The van der Waals surface area contributed by atoms with Gasteiger partial charge in [-0.05, 0) is 49.4 Å². The first-order valence-corrected chi connectivity index (χ1v) is 8.48. The van der Waals surface area contributed by atoms with Crippen molar-refractivity contribution < 1.29 is 19.4 Å². The van der Waals surface area contributed by atoms with E-state index >= 15 is 0 Å². The van der Waals surface area contributed by atoms with Crippen LogP contribution < -0.4 is 0 Å². The number of Topliss-reactive ketones (excluding diaryl/α,β-unsaturated/α-hetero) is 1. The Morgan fingerprint density at radius 1 is 1.29 bits per heavy atom. The molecule has 5 fully saturated rings. The van der Waals surface area contributed by atoms with E-state index in [0.29, 0.717) is 24.0 Å². The quantitative estimate of drug-likeness (QED) is 0.804. The molecule has 4 bridgehead atoms. The van der Waals surface area contributed by atoms with Crippen molar-refractivity contribution in [3.63, 3.8) is 0 Å². The van der Waals surface area contributed by atoms with Crippen LogP contribution in [0.1, 0.15) is 44.9 Å². The summed E-state index contributed by atoms with van der Waals surface area (Å²) >= 11 is 0. The number of ether oxygens (including phenoxy) is 1. The van der Waals surface area contributed by atoms with E-state index in [1.165, 1.54) is 0 Å². The summed E-state index contributed by atoms with van der Waals surface area (Å²) in [6.45, 7) is 0.748. The van der Waals surface area contributed by atoms with Crippen LogP contribution in [0.3, 0.4) is 0 Å². The second-order valence-electron chi connectivity index (χ2n) is 8.17. The molecule has 7 atom stereocenters. The molecule has 21 heavy (non-hydrogen) atoms. The molecule has 0 aromatic rings. The average molecular weight is 290 g/mol. The third-order valence-electron chi connectivity index (χ3n) is 7.70. The van der Waals surface area contributed by atoms with Crippen molar-refractivity contribution >= 4 is 11.8 Å². The Morgan fingerprint density at radius 2 is 2.14 bits per heavy atom. The molecule has 1 N–H and O–H groups in total. The number of hydrogen-bond acceptors (Lipinski definition) is 3. The Labute approximate surface area is 124 Å². The zero-order valence-corrected chi connectivity index (χ0v) is 12.2. The lowest BCUT2D eigenvalue weighted by Crippen LogP contribution is -2.44. The average Bonchev–Trinajstić information content (AvgIpc) is 2.91. The van der Waals surface area contributed by atoms with Gasteiger partial charge in [-0.25, -0.2) is 0 Å². The SMILES string of the molecule is O=C1CC23CC1CCC2C12CCCC(CO1)C2C3C(=O)O. The molecule has 1 heterocycles. The van der Waals surface area contributed by atoms with E-state index in [4.69, 9.17) is 4.74 Å². The van der Waals surface area contributed by atoms with Crippen LogP contribution in [0.5, 0.6) is 0 Å². The standard InChI is InChI=1S/C17H22O4/c18-11-7-16-6-9(11)3-4-12(16)17-5-1-2-10(8-21-17)13(17)14(16)15(19)20/h9-10,12-14H,1-8H2,(H,19,20). The second-order valence-corrected chi connectivity index (χ2v) is 8.17. The zero-order chi connectivity index (χ0) is 14.4. The molecule has 4 aliphatic carbocycles. The minimum Gasteiger partial charge on any atom is -0.481 e. The van der Waals surface area contributed by atoms with Crippen LogP contribution in [0.4, 0.5) is 0 Å². The van der Waals surface area contributed by atoms with E-state index in [2.05, 4.69) is 0 Å². The number of carboxylic acid groups (broad SMARTS) is 1. The van der Waals surface area contributed by atoms with Crippen LogP contribution >= 0.6 is 0 Å². The van der Waals surface area contributed by atoms with Crippen molar-refractivity contribution in [1.82, 2.24) is 0 Å². The summed E-state index contributed by atoms with van der Waals surface area (Å²) in [5, 5.41) is 9.99. The van der Waals surface area contributed by atoms with Gasteiger partial charge in [-0.2, -0.15) is 0 Å². The predicted molar refractivity (Wildman–Crippen MR) is 73.5 cm³/mol. The molecule has 114 valence electrons. The molecule has 4 saturated carbocycles. The smallest absolute Gasteiger partial charge is 0.307 e. The van der Waals surface area contributed by atoms with Gasteiger partial charge < -0.3 is 9.84 Å². The number of fused-ring (bicyclic) bond motifs is 1. The number of carbonyl (C=O) groups is 2. The molecule has 1 saturated heterocycles. The lowest BCUT2D eigenvalue weighted by atomic mass is 9.63. The summed E-state index contributed by atoms with van der Waals surface area (Å²) in [4.78, 5) is 24.5. The van der Waals surface area contributed by atoms with E-state index in [1.54, 1.807) is 0 Å². The Kier molecular flexibility index (Phi) is 2.23. The summed E-state index contributed by atoms with van der Waals surface area (Å²) < 4.78 is 6.34. The number of aliphatic carboxylic acids is 1. The van der Waals surface area contributed by atoms with E-state index in [1.807, 2.05) is 0 Å². The number of ketones is 1. The molecule has 0 amide bonds. The van der Waals surface area contributed by atoms with Gasteiger partial charge >= 0.3 is 5.97 Å².